The molecule has 2 heterocycles. The van der Waals surface area contributed by atoms with Crippen LogP contribution in [0.2, 0.25) is 0 Å². The van der Waals surface area contributed by atoms with E-state index in [1.54, 1.807) is 6.20 Å². The van der Waals surface area contributed by atoms with Crippen molar-refractivity contribution in [3.8, 4) is 0 Å². The third kappa shape index (κ3) is 3.04. The fraction of sp³-hybridized carbons (Fsp3) is 0.615. The Morgan fingerprint density at radius 1 is 1.56 bits per heavy atom. The lowest BCUT2D eigenvalue weighted by Gasteiger charge is -2.28. The molecule has 1 aromatic rings. The third-order valence-corrected chi connectivity index (χ3v) is 3.27. The zero-order chi connectivity index (χ0) is 13.1. The SMILES string of the molecule is CC(C)CCN1CCc2cnc(C(N)=O)nc2C1. The van der Waals surface area contributed by atoms with Crippen LogP contribution in [0.4, 0.5) is 0 Å². The van der Waals surface area contributed by atoms with Crippen molar-refractivity contribution < 1.29 is 4.79 Å². The summed E-state index contributed by atoms with van der Waals surface area (Å²) in [6.45, 7) is 7.37. The van der Waals surface area contributed by atoms with Crippen LogP contribution in [0.3, 0.4) is 0 Å². The molecule has 0 spiro atoms. The number of fused-ring (bicyclic) bond motifs is 1. The molecule has 0 fully saturated rings. The Kier molecular flexibility index (Phi) is 3.91. The quantitative estimate of drug-likeness (QED) is 0.862. The molecular formula is C13H20N4O. The number of rotatable bonds is 4. The number of amides is 1. The number of hydrogen-bond donors (Lipinski definition) is 1. The molecule has 0 aliphatic carbocycles. The Balaban J connectivity index is 2.07. The van der Waals surface area contributed by atoms with Gasteiger partial charge in [-0.1, -0.05) is 13.8 Å². The Labute approximate surface area is 107 Å². The Morgan fingerprint density at radius 3 is 3.00 bits per heavy atom. The van der Waals surface area contributed by atoms with E-state index in [1.165, 1.54) is 6.42 Å². The molecular weight excluding hydrogens is 228 g/mol. The minimum Gasteiger partial charge on any atom is -0.363 e. The van der Waals surface area contributed by atoms with E-state index >= 15 is 0 Å². The van der Waals surface area contributed by atoms with Crippen LogP contribution in [0.1, 0.15) is 42.1 Å². The van der Waals surface area contributed by atoms with Crippen LogP contribution in [0.5, 0.6) is 0 Å². The monoisotopic (exact) mass is 248 g/mol. The van der Waals surface area contributed by atoms with Gasteiger partial charge in [-0.2, -0.15) is 0 Å². The largest absolute Gasteiger partial charge is 0.363 e. The molecule has 0 saturated heterocycles. The zero-order valence-electron chi connectivity index (χ0n) is 11.0. The molecule has 0 saturated carbocycles. The number of nitrogens with zero attached hydrogens (tertiary/aromatic N) is 3. The van der Waals surface area contributed by atoms with E-state index in [9.17, 15) is 4.79 Å². The molecule has 0 radical (unpaired) electrons. The van der Waals surface area contributed by atoms with Crippen molar-refractivity contribution in [1.29, 1.82) is 0 Å². The molecule has 0 bridgehead atoms. The van der Waals surface area contributed by atoms with Gasteiger partial charge in [0.05, 0.1) is 5.69 Å². The summed E-state index contributed by atoms with van der Waals surface area (Å²) in [6.07, 6.45) is 3.87. The highest BCUT2D eigenvalue weighted by atomic mass is 16.1. The van der Waals surface area contributed by atoms with E-state index < -0.39 is 5.91 Å². The molecule has 5 nitrogen and oxygen atoms in total. The van der Waals surface area contributed by atoms with Crippen LogP contribution in [-0.4, -0.2) is 33.9 Å². The maximum atomic E-state index is 11.1. The molecule has 1 aliphatic heterocycles. The van der Waals surface area contributed by atoms with Gasteiger partial charge < -0.3 is 5.73 Å². The summed E-state index contributed by atoms with van der Waals surface area (Å²) >= 11 is 0. The number of nitrogens with two attached hydrogens (primary N) is 1. The van der Waals surface area contributed by atoms with E-state index in [1.807, 2.05) is 0 Å². The number of hydrogen-bond acceptors (Lipinski definition) is 4. The standard InChI is InChI=1S/C13H20N4O/c1-9(2)3-5-17-6-4-10-7-15-13(12(14)18)16-11(10)8-17/h7,9H,3-6,8H2,1-2H3,(H2,14,18). The second-order valence-corrected chi connectivity index (χ2v) is 5.24. The first-order chi connectivity index (χ1) is 8.56. The summed E-state index contributed by atoms with van der Waals surface area (Å²) in [5.41, 5.74) is 7.29. The van der Waals surface area contributed by atoms with Crippen LogP contribution >= 0.6 is 0 Å². The lowest BCUT2D eigenvalue weighted by molar-refractivity contribution is 0.0989. The molecule has 5 heteroatoms. The molecule has 1 amide bonds. The van der Waals surface area contributed by atoms with Gasteiger partial charge in [0.2, 0.25) is 5.82 Å². The van der Waals surface area contributed by atoms with Gasteiger partial charge in [0, 0.05) is 19.3 Å². The molecule has 0 aromatic carbocycles. The predicted molar refractivity (Wildman–Crippen MR) is 69.0 cm³/mol. The van der Waals surface area contributed by atoms with Gasteiger partial charge in [0.25, 0.3) is 5.91 Å². The van der Waals surface area contributed by atoms with Crippen molar-refractivity contribution in [1.82, 2.24) is 14.9 Å². The Bertz CT molecular complexity index is 445. The van der Waals surface area contributed by atoms with Gasteiger partial charge in [0.15, 0.2) is 0 Å². The maximum absolute atomic E-state index is 11.1. The summed E-state index contributed by atoms with van der Waals surface area (Å²) in [7, 11) is 0. The summed E-state index contributed by atoms with van der Waals surface area (Å²) in [5, 5.41) is 0. The van der Waals surface area contributed by atoms with Gasteiger partial charge in [0.1, 0.15) is 0 Å². The molecule has 18 heavy (non-hydrogen) atoms. The summed E-state index contributed by atoms with van der Waals surface area (Å²) in [4.78, 5) is 21.7. The average molecular weight is 248 g/mol. The average Bonchev–Trinajstić information content (AvgIpc) is 2.35. The molecule has 0 atom stereocenters. The number of aromatic nitrogens is 2. The van der Waals surface area contributed by atoms with Crippen molar-refractivity contribution >= 4 is 5.91 Å². The van der Waals surface area contributed by atoms with Crippen molar-refractivity contribution in [3.63, 3.8) is 0 Å². The first kappa shape index (κ1) is 13.0. The van der Waals surface area contributed by atoms with Gasteiger partial charge in [-0.15, -0.1) is 0 Å². The summed E-state index contributed by atoms with van der Waals surface area (Å²) in [6, 6.07) is 0. The highest BCUT2D eigenvalue weighted by Gasteiger charge is 2.19. The van der Waals surface area contributed by atoms with E-state index in [0.717, 1.165) is 37.3 Å². The fourth-order valence-corrected chi connectivity index (χ4v) is 2.11. The smallest absolute Gasteiger partial charge is 0.286 e. The van der Waals surface area contributed by atoms with E-state index in [2.05, 4.69) is 28.7 Å². The Morgan fingerprint density at radius 2 is 2.33 bits per heavy atom. The molecule has 1 aliphatic rings. The summed E-state index contributed by atoms with van der Waals surface area (Å²) < 4.78 is 0. The number of carbonyl (C=O) groups excluding carboxylic acids is 1. The van der Waals surface area contributed by atoms with Gasteiger partial charge in [-0.3, -0.25) is 9.69 Å². The second-order valence-electron chi connectivity index (χ2n) is 5.24. The third-order valence-electron chi connectivity index (χ3n) is 3.27. The van der Waals surface area contributed by atoms with Gasteiger partial charge in [-0.05, 0) is 30.9 Å². The molecule has 2 rings (SSSR count). The van der Waals surface area contributed by atoms with Crippen molar-refractivity contribution in [3.05, 3.63) is 23.3 Å². The fourth-order valence-electron chi connectivity index (χ4n) is 2.11. The lowest BCUT2D eigenvalue weighted by atomic mass is 10.1. The second kappa shape index (κ2) is 5.44. The predicted octanol–water partition coefficient (Wildman–Crippen LogP) is 0.980. The van der Waals surface area contributed by atoms with Crippen molar-refractivity contribution in [2.75, 3.05) is 13.1 Å². The first-order valence-electron chi connectivity index (χ1n) is 6.43. The highest BCUT2D eigenvalue weighted by Crippen LogP contribution is 2.17. The van der Waals surface area contributed by atoms with Gasteiger partial charge >= 0.3 is 0 Å². The lowest BCUT2D eigenvalue weighted by Crippen LogP contribution is -2.33. The first-order valence-corrected chi connectivity index (χ1v) is 6.43. The minimum atomic E-state index is -0.558. The van der Waals surface area contributed by atoms with Crippen molar-refractivity contribution in [2.45, 2.75) is 33.2 Å². The topological polar surface area (TPSA) is 72.1 Å². The molecule has 98 valence electrons. The van der Waals surface area contributed by atoms with Crippen LogP contribution < -0.4 is 5.73 Å². The normalized spacial score (nSPS) is 15.7. The van der Waals surface area contributed by atoms with Crippen LogP contribution in [0.25, 0.3) is 0 Å². The van der Waals surface area contributed by atoms with Crippen LogP contribution in [-0.2, 0) is 13.0 Å². The van der Waals surface area contributed by atoms with Gasteiger partial charge in [-0.25, -0.2) is 9.97 Å². The van der Waals surface area contributed by atoms with E-state index in [-0.39, 0.29) is 5.82 Å². The molecule has 2 N–H and O–H groups in total. The number of primary amides is 1. The van der Waals surface area contributed by atoms with Crippen LogP contribution in [0, 0.1) is 5.92 Å². The minimum absolute atomic E-state index is 0.124. The molecule has 0 unspecified atom stereocenters. The summed E-state index contributed by atoms with van der Waals surface area (Å²) in [5.74, 6) is 0.273. The van der Waals surface area contributed by atoms with Crippen LogP contribution in [0.15, 0.2) is 6.20 Å². The number of carbonyl (C=O) groups is 1. The zero-order valence-corrected chi connectivity index (χ0v) is 11.0. The maximum Gasteiger partial charge on any atom is 0.286 e. The highest BCUT2D eigenvalue weighted by molar-refractivity contribution is 5.88. The van der Waals surface area contributed by atoms with E-state index in [0.29, 0.717) is 5.92 Å². The Hall–Kier alpha value is -1.49. The molecule has 1 aromatic heterocycles. The van der Waals surface area contributed by atoms with E-state index in [4.69, 9.17) is 5.73 Å². The van der Waals surface area contributed by atoms with Crippen molar-refractivity contribution in [2.24, 2.45) is 11.7 Å².